The summed E-state index contributed by atoms with van der Waals surface area (Å²) in [5.41, 5.74) is 0.380. The molecule has 10 heteroatoms. The van der Waals surface area contributed by atoms with Crippen LogP contribution in [0.15, 0.2) is 35.5 Å². The first-order chi connectivity index (χ1) is 17.3. The van der Waals surface area contributed by atoms with Gasteiger partial charge in [-0.25, -0.2) is 9.97 Å². The van der Waals surface area contributed by atoms with Gasteiger partial charge in [-0.1, -0.05) is 19.9 Å². The van der Waals surface area contributed by atoms with Gasteiger partial charge in [0.25, 0.3) is 11.5 Å². The minimum absolute atomic E-state index is 0.0325. The second-order valence-electron chi connectivity index (χ2n) is 10.1. The van der Waals surface area contributed by atoms with E-state index >= 15 is 0 Å². The molecule has 2 atom stereocenters. The van der Waals surface area contributed by atoms with Gasteiger partial charge in [-0.3, -0.25) is 19.0 Å². The first-order valence-corrected chi connectivity index (χ1v) is 13.3. The molecule has 0 spiro atoms. The average molecular weight is 509 g/mol. The van der Waals surface area contributed by atoms with E-state index in [-0.39, 0.29) is 23.9 Å². The molecule has 36 heavy (non-hydrogen) atoms. The van der Waals surface area contributed by atoms with E-state index in [1.807, 2.05) is 28.0 Å². The number of hydrogen-bond acceptors (Lipinski definition) is 7. The van der Waals surface area contributed by atoms with Crippen molar-refractivity contribution in [1.29, 1.82) is 0 Å². The molecular weight excluding hydrogens is 476 g/mol. The first-order valence-electron chi connectivity index (χ1n) is 12.5. The Morgan fingerprint density at radius 3 is 2.42 bits per heavy atom. The van der Waals surface area contributed by atoms with Gasteiger partial charge in [0, 0.05) is 45.5 Å². The van der Waals surface area contributed by atoms with Crippen LogP contribution in [0.5, 0.6) is 0 Å². The van der Waals surface area contributed by atoms with Crippen LogP contribution in [0.25, 0.3) is 10.2 Å². The van der Waals surface area contributed by atoms with Crippen LogP contribution in [0.4, 0.5) is 5.82 Å². The van der Waals surface area contributed by atoms with Gasteiger partial charge in [0.05, 0.1) is 16.6 Å². The van der Waals surface area contributed by atoms with E-state index in [2.05, 4.69) is 28.7 Å². The molecule has 0 aromatic carbocycles. The van der Waals surface area contributed by atoms with Gasteiger partial charge in [-0.05, 0) is 42.9 Å². The standard InChI is InChI=1S/C26H32N6O3S/c1-17-12-18(2)14-31(13-17)21(33)15-32-16-28-24-22(25(32)34)19(3)23(36-24)26(35)30-10-8-29(9-11-30)20-6-4-5-7-27-20/h4-7,16-18H,8-15H2,1-3H3/t17-,18-/m1/s1. The lowest BCUT2D eigenvalue weighted by molar-refractivity contribution is -0.134. The number of piperidine rings is 1. The van der Waals surface area contributed by atoms with Crippen molar-refractivity contribution >= 4 is 39.2 Å². The Morgan fingerprint density at radius 2 is 1.75 bits per heavy atom. The second-order valence-corrected chi connectivity index (χ2v) is 11.1. The fourth-order valence-electron chi connectivity index (χ4n) is 5.41. The molecule has 5 rings (SSSR count). The molecule has 2 fully saturated rings. The summed E-state index contributed by atoms with van der Waals surface area (Å²) in [6, 6.07) is 5.82. The summed E-state index contributed by atoms with van der Waals surface area (Å²) in [5.74, 6) is 1.68. The van der Waals surface area contributed by atoms with Gasteiger partial charge < -0.3 is 14.7 Å². The predicted molar refractivity (Wildman–Crippen MR) is 140 cm³/mol. The lowest BCUT2D eigenvalue weighted by Gasteiger charge is -2.35. The predicted octanol–water partition coefficient (Wildman–Crippen LogP) is 2.63. The number of likely N-dealkylation sites (tertiary alicyclic amines) is 1. The highest BCUT2D eigenvalue weighted by Gasteiger charge is 2.28. The Labute approximate surface area is 214 Å². The van der Waals surface area contributed by atoms with Crippen LogP contribution in [0, 0.1) is 18.8 Å². The van der Waals surface area contributed by atoms with Crippen LogP contribution < -0.4 is 10.5 Å². The highest BCUT2D eigenvalue weighted by atomic mass is 32.1. The number of hydrogen-bond donors (Lipinski definition) is 0. The molecule has 0 aliphatic carbocycles. The molecule has 0 unspecified atom stereocenters. The Kier molecular flexibility index (Phi) is 6.79. The zero-order valence-electron chi connectivity index (χ0n) is 21.0. The smallest absolute Gasteiger partial charge is 0.264 e. The number of anilines is 1. The number of aromatic nitrogens is 3. The van der Waals surface area contributed by atoms with Crippen molar-refractivity contribution in [2.24, 2.45) is 11.8 Å². The third kappa shape index (κ3) is 4.74. The number of amides is 2. The largest absolute Gasteiger partial charge is 0.353 e. The fourth-order valence-corrected chi connectivity index (χ4v) is 6.52. The molecule has 190 valence electrons. The molecule has 2 aliphatic heterocycles. The summed E-state index contributed by atoms with van der Waals surface area (Å²) >= 11 is 1.26. The maximum absolute atomic E-state index is 13.4. The van der Waals surface area contributed by atoms with Gasteiger partial charge >= 0.3 is 0 Å². The van der Waals surface area contributed by atoms with Gasteiger partial charge in [0.2, 0.25) is 5.91 Å². The summed E-state index contributed by atoms with van der Waals surface area (Å²) in [6.45, 7) is 10.1. The maximum Gasteiger partial charge on any atom is 0.264 e. The highest BCUT2D eigenvalue weighted by Crippen LogP contribution is 2.29. The Hall–Kier alpha value is -3.27. The van der Waals surface area contributed by atoms with E-state index < -0.39 is 0 Å². The van der Waals surface area contributed by atoms with Crippen molar-refractivity contribution in [2.45, 2.75) is 33.7 Å². The zero-order valence-corrected chi connectivity index (χ0v) is 21.8. The lowest BCUT2D eigenvalue weighted by atomic mass is 9.92. The molecule has 0 N–H and O–H groups in total. The van der Waals surface area contributed by atoms with Crippen LogP contribution >= 0.6 is 11.3 Å². The van der Waals surface area contributed by atoms with E-state index in [0.717, 1.165) is 25.3 Å². The molecule has 3 aromatic heterocycles. The summed E-state index contributed by atoms with van der Waals surface area (Å²) < 4.78 is 1.38. The van der Waals surface area contributed by atoms with E-state index in [1.54, 1.807) is 13.1 Å². The molecule has 5 heterocycles. The Morgan fingerprint density at radius 1 is 1.03 bits per heavy atom. The molecule has 0 bridgehead atoms. The van der Waals surface area contributed by atoms with Crippen molar-refractivity contribution in [2.75, 3.05) is 44.2 Å². The van der Waals surface area contributed by atoms with E-state index in [4.69, 9.17) is 0 Å². The molecule has 9 nitrogen and oxygen atoms in total. The van der Waals surface area contributed by atoms with Gasteiger partial charge in [-0.15, -0.1) is 11.3 Å². The van der Waals surface area contributed by atoms with Crippen molar-refractivity contribution < 1.29 is 9.59 Å². The SMILES string of the molecule is Cc1c(C(=O)N2CCN(c3ccccn3)CC2)sc2ncn(CC(=O)N3C[C@H](C)C[C@@H](C)C3)c(=O)c12. The Bertz CT molecular complexity index is 1320. The van der Waals surface area contributed by atoms with Crippen molar-refractivity contribution in [3.8, 4) is 0 Å². The molecule has 3 aromatic rings. The second kappa shape index (κ2) is 10.0. The van der Waals surface area contributed by atoms with Crippen LogP contribution in [-0.2, 0) is 11.3 Å². The van der Waals surface area contributed by atoms with Gasteiger partial charge in [0.1, 0.15) is 17.2 Å². The minimum Gasteiger partial charge on any atom is -0.353 e. The first kappa shape index (κ1) is 24.4. The molecular formula is C26H32N6O3S. The van der Waals surface area contributed by atoms with E-state index in [9.17, 15) is 14.4 Å². The molecule has 0 radical (unpaired) electrons. The molecule has 2 saturated heterocycles. The minimum atomic E-state index is -0.265. The zero-order chi connectivity index (χ0) is 25.4. The molecule has 0 saturated carbocycles. The third-order valence-corrected chi connectivity index (χ3v) is 8.37. The lowest BCUT2D eigenvalue weighted by Crippen LogP contribution is -2.49. The quantitative estimate of drug-likeness (QED) is 0.538. The number of pyridine rings is 1. The average Bonchev–Trinajstić information content (AvgIpc) is 3.22. The Balaban J connectivity index is 1.32. The van der Waals surface area contributed by atoms with Gasteiger partial charge in [0.15, 0.2) is 0 Å². The molecule has 2 aliphatic rings. The summed E-state index contributed by atoms with van der Waals surface area (Å²) in [7, 11) is 0. The number of nitrogens with zero attached hydrogens (tertiary/aromatic N) is 6. The number of aryl methyl sites for hydroxylation is 1. The third-order valence-electron chi connectivity index (χ3n) is 7.18. The highest BCUT2D eigenvalue weighted by molar-refractivity contribution is 7.20. The van der Waals surface area contributed by atoms with Crippen molar-refractivity contribution in [3.05, 3.63) is 51.5 Å². The topological polar surface area (TPSA) is 91.6 Å². The fraction of sp³-hybridized carbons (Fsp3) is 0.500. The maximum atomic E-state index is 13.4. The number of thiophene rings is 1. The van der Waals surface area contributed by atoms with Gasteiger partial charge in [-0.2, -0.15) is 0 Å². The van der Waals surface area contributed by atoms with Crippen LogP contribution in [0.1, 0.15) is 35.5 Å². The van der Waals surface area contributed by atoms with Crippen LogP contribution in [-0.4, -0.2) is 75.4 Å². The van der Waals surface area contributed by atoms with Crippen LogP contribution in [0.2, 0.25) is 0 Å². The number of rotatable bonds is 4. The molecule has 2 amide bonds. The summed E-state index contributed by atoms with van der Waals surface area (Å²) in [6.07, 6.45) is 4.32. The number of carbonyl (C=O) groups excluding carboxylic acids is 2. The normalized spacial score (nSPS) is 20.7. The summed E-state index contributed by atoms with van der Waals surface area (Å²) in [5, 5.41) is 0.436. The van der Waals surface area contributed by atoms with Crippen LogP contribution in [0.3, 0.4) is 0 Å². The summed E-state index contributed by atoms with van der Waals surface area (Å²) in [4.78, 5) is 55.5. The van der Waals surface area contributed by atoms with Crippen molar-refractivity contribution in [1.82, 2.24) is 24.3 Å². The van der Waals surface area contributed by atoms with Crippen molar-refractivity contribution in [3.63, 3.8) is 0 Å². The number of fused-ring (bicyclic) bond motifs is 1. The number of carbonyl (C=O) groups is 2. The monoisotopic (exact) mass is 508 g/mol. The van der Waals surface area contributed by atoms with E-state index in [1.165, 1.54) is 22.2 Å². The number of piperazine rings is 1. The van der Waals surface area contributed by atoms with E-state index in [0.29, 0.717) is 58.7 Å².